The normalized spacial score (nSPS) is 15.3. The first kappa shape index (κ1) is 16.5. The predicted molar refractivity (Wildman–Crippen MR) is 81.0 cm³/mol. The van der Waals surface area contributed by atoms with Crippen molar-refractivity contribution in [2.24, 2.45) is 5.41 Å². The minimum Gasteiger partial charge on any atom is -0.468 e. The summed E-state index contributed by atoms with van der Waals surface area (Å²) in [5, 5.41) is 0. The first-order valence-corrected chi connectivity index (χ1v) is 6.77. The van der Waals surface area contributed by atoms with Crippen molar-refractivity contribution in [2.45, 2.75) is 0 Å². The number of rotatable bonds is 5. The molecule has 0 fully saturated rings. The van der Waals surface area contributed by atoms with Crippen molar-refractivity contribution < 1.29 is 28.6 Å². The second kappa shape index (κ2) is 6.48. The Hall–Kier alpha value is -2.89. The van der Waals surface area contributed by atoms with E-state index < -0.39 is 23.3 Å². The summed E-state index contributed by atoms with van der Waals surface area (Å²) in [4.78, 5) is 35.9. The fourth-order valence-electron chi connectivity index (χ4n) is 2.52. The lowest BCUT2D eigenvalue weighted by Gasteiger charge is -2.14. The summed E-state index contributed by atoms with van der Waals surface area (Å²) in [6, 6.07) is 8.89. The average Bonchev–Trinajstić information content (AvgIpc) is 3.28. The molecule has 23 heavy (non-hydrogen) atoms. The van der Waals surface area contributed by atoms with Gasteiger partial charge in [0.1, 0.15) is 0 Å². The van der Waals surface area contributed by atoms with Crippen LogP contribution in [-0.2, 0) is 28.6 Å². The van der Waals surface area contributed by atoms with Crippen LogP contribution >= 0.6 is 0 Å². The van der Waals surface area contributed by atoms with Crippen molar-refractivity contribution in [1.29, 1.82) is 0 Å². The fourth-order valence-corrected chi connectivity index (χ4v) is 2.52. The van der Waals surface area contributed by atoms with Gasteiger partial charge in [0.05, 0.1) is 21.3 Å². The molecule has 0 bridgehead atoms. The molecular weight excluding hydrogens is 300 g/mol. The quantitative estimate of drug-likeness (QED) is 0.355. The SMILES string of the molecule is COC(=O)/C=C/C1=C(c2ccccc2)C1(C(=O)OC)C(=O)OC. The third-order valence-electron chi connectivity index (χ3n) is 3.62. The van der Waals surface area contributed by atoms with Gasteiger partial charge in [0.25, 0.3) is 0 Å². The van der Waals surface area contributed by atoms with Gasteiger partial charge in [-0.05, 0) is 22.8 Å². The predicted octanol–water partition coefficient (Wildman–Crippen LogP) is 1.52. The molecule has 0 saturated carbocycles. The second-order valence-electron chi connectivity index (χ2n) is 4.74. The van der Waals surface area contributed by atoms with E-state index in [-0.39, 0.29) is 0 Å². The highest BCUT2D eigenvalue weighted by atomic mass is 16.5. The minimum absolute atomic E-state index is 0.354. The summed E-state index contributed by atoms with van der Waals surface area (Å²) in [5.74, 6) is -2.11. The third-order valence-corrected chi connectivity index (χ3v) is 3.62. The van der Waals surface area contributed by atoms with E-state index in [4.69, 9.17) is 9.47 Å². The van der Waals surface area contributed by atoms with Gasteiger partial charge in [0, 0.05) is 6.08 Å². The Balaban J connectivity index is 2.54. The fraction of sp³-hybridized carbons (Fsp3) is 0.235. The van der Waals surface area contributed by atoms with Gasteiger partial charge in [-0.2, -0.15) is 0 Å². The molecule has 1 aromatic carbocycles. The van der Waals surface area contributed by atoms with Crippen LogP contribution < -0.4 is 0 Å². The Kier molecular flexibility index (Phi) is 4.64. The van der Waals surface area contributed by atoms with E-state index in [0.29, 0.717) is 16.7 Å². The molecular formula is C17H16O6. The third kappa shape index (κ3) is 2.63. The van der Waals surface area contributed by atoms with E-state index >= 15 is 0 Å². The molecule has 0 aliphatic heterocycles. The number of allylic oxidation sites excluding steroid dienone is 1. The lowest BCUT2D eigenvalue weighted by Crippen LogP contribution is -2.32. The molecule has 0 atom stereocenters. The standard InChI is InChI=1S/C17H16O6/c1-21-13(18)10-9-12-14(11-7-5-4-6-8-11)17(12,15(19)22-2)16(20)23-3/h4-10H,1-3H3/b10-9+. The number of esters is 3. The van der Waals surface area contributed by atoms with Crippen LogP contribution in [0.4, 0.5) is 0 Å². The van der Waals surface area contributed by atoms with Crippen LogP contribution in [0.1, 0.15) is 5.56 Å². The molecule has 0 amide bonds. The average molecular weight is 316 g/mol. The number of methoxy groups -OCH3 is 3. The number of benzene rings is 1. The van der Waals surface area contributed by atoms with Gasteiger partial charge in [0.15, 0.2) is 0 Å². The summed E-state index contributed by atoms with van der Waals surface area (Å²) < 4.78 is 14.1. The molecule has 0 spiro atoms. The van der Waals surface area contributed by atoms with E-state index in [1.54, 1.807) is 24.3 Å². The summed E-state index contributed by atoms with van der Waals surface area (Å²) in [7, 11) is 3.62. The van der Waals surface area contributed by atoms with Gasteiger partial charge in [-0.1, -0.05) is 30.3 Å². The van der Waals surface area contributed by atoms with Crippen LogP contribution in [0.2, 0.25) is 0 Å². The van der Waals surface area contributed by atoms with Gasteiger partial charge in [-0.25, -0.2) is 4.79 Å². The zero-order chi connectivity index (χ0) is 17.0. The molecule has 0 heterocycles. The summed E-state index contributed by atoms with van der Waals surface area (Å²) in [6.07, 6.45) is 2.52. The molecule has 120 valence electrons. The van der Waals surface area contributed by atoms with Crippen LogP contribution in [-0.4, -0.2) is 39.2 Å². The summed E-state index contributed by atoms with van der Waals surface area (Å²) >= 11 is 0. The highest BCUT2D eigenvalue weighted by Crippen LogP contribution is 2.60. The van der Waals surface area contributed by atoms with Gasteiger partial charge < -0.3 is 14.2 Å². The van der Waals surface area contributed by atoms with Crippen molar-refractivity contribution in [3.63, 3.8) is 0 Å². The number of carbonyl (C=O) groups is 3. The molecule has 0 saturated heterocycles. The zero-order valence-electron chi connectivity index (χ0n) is 13.0. The molecule has 0 radical (unpaired) electrons. The molecule has 6 nitrogen and oxygen atoms in total. The van der Waals surface area contributed by atoms with E-state index in [0.717, 1.165) is 6.08 Å². The number of ether oxygens (including phenoxy) is 3. The van der Waals surface area contributed by atoms with Gasteiger partial charge in [0.2, 0.25) is 5.41 Å². The van der Waals surface area contributed by atoms with Crippen molar-refractivity contribution in [3.8, 4) is 0 Å². The Morgan fingerprint density at radius 2 is 1.48 bits per heavy atom. The van der Waals surface area contributed by atoms with Gasteiger partial charge >= 0.3 is 17.9 Å². The van der Waals surface area contributed by atoms with Crippen LogP contribution in [0, 0.1) is 5.41 Å². The smallest absolute Gasteiger partial charge is 0.332 e. The first-order chi connectivity index (χ1) is 11.0. The van der Waals surface area contributed by atoms with Crippen LogP contribution in [0.25, 0.3) is 5.57 Å². The molecule has 0 N–H and O–H groups in total. The van der Waals surface area contributed by atoms with Crippen LogP contribution in [0.5, 0.6) is 0 Å². The summed E-state index contributed by atoms with van der Waals surface area (Å²) in [5.41, 5.74) is -0.160. The lowest BCUT2D eigenvalue weighted by molar-refractivity contribution is -0.159. The van der Waals surface area contributed by atoms with Crippen molar-refractivity contribution in [2.75, 3.05) is 21.3 Å². The van der Waals surface area contributed by atoms with E-state index in [1.807, 2.05) is 6.07 Å². The van der Waals surface area contributed by atoms with E-state index in [9.17, 15) is 14.4 Å². The molecule has 6 heteroatoms. The number of carbonyl (C=O) groups excluding carboxylic acids is 3. The summed E-state index contributed by atoms with van der Waals surface area (Å²) in [6.45, 7) is 0. The Morgan fingerprint density at radius 3 is 1.96 bits per heavy atom. The maximum atomic E-state index is 12.3. The lowest BCUT2D eigenvalue weighted by atomic mass is 9.94. The molecule has 0 aromatic heterocycles. The Bertz CT molecular complexity index is 683. The monoisotopic (exact) mass is 316 g/mol. The van der Waals surface area contributed by atoms with Crippen LogP contribution in [0.3, 0.4) is 0 Å². The number of hydrogen-bond donors (Lipinski definition) is 0. The zero-order valence-corrected chi connectivity index (χ0v) is 13.0. The second-order valence-corrected chi connectivity index (χ2v) is 4.74. The molecule has 0 unspecified atom stereocenters. The van der Waals surface area contributed by atoms with Crippen molar-refractivity contribution in [3.05, 3.63) is 53.6 Å². The molecule has 1 aromatic rings. The van der Waals surface area contributed by atoms with Gasteiger partial charge in [-0.3, -0.25) is 9.59 Å². The van der Waals surface area contributed by atoms with Crippen LogP contribution in [0.15, 0.2) is 48.1 Å². The highest BCUT2D eigenvalue weighted by molar-refractivity contribution is 6.26. The molecule has 1 aliphatic carbocycles. The largest absolute Gasteiger partial charge is 0.468 e. The highest BCUT2D eigenvalue weighted by Gasteiger charge is 2.66. The minimum atomic E-state index is -1.64. The van der Waals surface area contributed by atoms with Crippen molar-refractivity contribution in [1.82, 2.24) is 0 Å². The topological polar surface area (TPSA) is 78.9 Å². The van der Waals surface area contributed by atoms with Gasteiger partial charge in [-0.15, -0.1) is 0 Å². The Morgan fingerprint density at radius 1 is 0.913 bits per heavy atom. The maximum absolute atomic E-state index is 12.3. The van der Waals surface area contributed by atoms with Crippen molar-refractivity contribution >= 4 is 23.5 Å². The maximum Gasteiger partial charge on any atom is 0.332 e. The van der Waals surface area contributed by atoms with E-state index in [2.05, 4.69) is 4.74 Å². The van der Waals surface area contributed by atoms with E-state index in [1.165, 1.54) is 27.4 Å². The first-order valence-electron chi connectivity index (χ1n) is 6.77. The molecule has 1 aliphatic rings. The molecule has 2 rings (SSSR count). The number of hydrogen-bond acceptors (Lipinski definition) is 6. The Labute approximate surface area is 133 Å².